The summed E-state index contributed by atoms with van der Waals surface area (Å²) in [5.74, 6) is 0.779. The molecule has 21 heavy (non-hydrogen) atoms. The van der Waals surface area contributed by atoms with Crippen molar-refractivity contribution < 1.29 is 5.11 Å². The number of fused-ring (bicyclic) bond motifs is 1. The summed E-state index contributed by atoms with van der Waals surface area (Å²) in [4.78, 5) is 2.45. The summed E-state index contributed by atoms with van der Waals surface area (Å²) in [6, 6.07) is 0.452. The van der Waals surface area contributed by atoms with Crippen LogP contribution in [0.3, 0.4) is 0 Å². The number of hydrogen-bond donors (Lipinski definition) is 2. The Morgan fingerprint density at radius 2 is 2.29 bits per heavy atom. The highest BCUT2D eigenvalue weighted by Gasteiger charge is 2.25. The summed E-state index contributed by atoms with van der Waals surface area (Å²) < 4.78 is 1.98. The highest BCUT2D eigenvalue weighted by atomic mass is 16.3. The van der Waals surface area contributed by atoms with Gasteiger partial charge in [-0.05, 0) is 58.2 Å². The quantitative estimate of drug-likeness (QED) is 0.856. The van der Waals surface area contributed by atoms with Gasteiger partial charge in [0.1, 0.15) is 0 Å². The lowest BCUT2D eigenvalue weighted by molar-refractivity contribution is 0.201. The lowest BCUT2D eigenvalue weighted by Gasteiger charge is -2.32. The Hall–Kier alpha value is -0.910. The first-order valence-electron chi connectivity index (χ1n) is 8.35. The van der Waals surface area contributed by atoms with Gasteiger partial charge in [-0.3, -0.25) is 4.68 Å². The molecule has 2 heterocycles. The van der Waals surface area contributed by atoms with Crippen LogP contribution >= 0.6 is 0 Å². The summed E-state index contributed by atoms with van der Waals surface area (Å²) in [6.07, 6.45) is 8.20. The van der Waals surface area contributed by atoms with Crippen LogP contribution in [0.2, 0.25) is 0 Å². The Kier molecular flexibility index (Phi) is 4.93. The number of aromatic nitrogens is 2. The minimum absolute atomic E-state index is 0.167. The largest absolute Gasteiger partial charge is 0.394 e. The first-order valence-corrected chi connectivity index (χ1v) is 8.35. The second kappa shape index (κ2) is 6.90. The maximum atomic E-state index is 9.12. The van der Waals surface area contributed by atoms with Crippen molar-refractivity contribution in [2.45, 2.75) is 44.7 Å². The van der Waals surface area contributed by atoms with Crippen LogP contribution in [0, 0.1) is 5.92 Å². The molecule has 1 aliphatic heterocycles. The minimum Gasteiger partial charge on any atom is -0.394 e. The molecule has 1 fully saturated rings. The van der Waals surface area contributed by atoms with E-state index in [0.29, 0.717) is 12.6 Å². The van der Waals surface area contributed by atoms with Crippen LogP contribution in [0.15, 0.2) is 6.20 Å². The van der Waals surface area contributed by atoms with Gasteiger partial charge in [0.05, 0.1) is 19.3 Å². The number of nitrogens with one attached hydrogen (secondary N) is 1. The molecule has 0 spiro atoms. The number of rotatable bonds is 5. The second-order valence-electron chi connectivity index (χ2n) is 6.62. The normalized spacial score (nSPS) is 26.8. The topological polar surface area (TPSA) is 53.3 Å². The Morgan fingerprint density at radius 3 is 3.10 bits per heavy atom. The second-order valence-corrected chi connectivity index (χ2v) is 6.62. The molecule has 0 aromatic carbocycles. The van der Waals surface area contributed by atoms with Gasteiger partial charge in [0.15, 0.2) is 0 Å². The van der Waals surface area contributed by atoms with Crippen molar-refractivity contribution in [3.63, 3.8) is 0 Å². The van der Waals surface area contributed by atoms with E-state index in [2.05, 4.69) is 22.4 Å². The van der Waals surface area contributed by atoms with Crippen LogP contribution in [0.5, 0.6) is 0 Å². The zero-order chi connectivity index (χ0) is 14.7. The van der Waals surface area contributed by atoms with Crippen LogP contribution in [0.25, 0.3) is 0 Å². The minimum atomic E-state index is 0.167. The SMILES string of the molecule is CN1CCCC(CNC2CCCc3c2cnn3CCO)C1. The first-order chi connectivity index (χ1) is 10.3. The summed E-state index contributed by atoms with van der Waals surface area (Å²) in [5, 5.41) is 17.4. The van der Waals surface area contributed by atoms with Gasteiger partial charge < -0.3 is 15.3 Å². The van der Waals surface area contributed by atoms with Gasteiger partial charge in [-0.1, -0.05) is 0 Å². The molecular weight excluding hydrogens is 264 g/mol. The molecule has 5 heteroatoms. The lowest BCUT2D eigenvalue weighted by atomic mass is 9.91. The number of nitrogens with zero attached hydrogens (tertiary/aromatic N) is 3. The fourth-order valence-electron chi connectivity index (χ4n) is 3.87. The molecule has 118 valence electrons. The van der Waals surface area contributed by atoms with Crippen LogP contribution in [0.4, 0.5) is 0 Å². The van der Waals surface area contributed by atoms with Crippen molar-refractivity contribution in [1.29, 1.82) is 0 Å². The molecule has 0 saturated carbocycles. The zero-order valence-corrected chi connectivity index (χ0v) is 13.1. The molecular formula is C16H28N4O. The van der Waals surface area contributed by atoms with Crippen LogP contribution in [-0.4, -0.2) is 53.1 Å². The molecule has 2 N–H and O–H groups in total. The molecule has 2 unspecified atom stereocenters. The van der Waals surface area contributed by atoms with Crippen molar-refractivity contribution >= 4 is 0 Å². The van der Waals surface area contributed by atoms with Gasteiger partial charge in [0.25, 0.3) is 0 Å². The van der Waals surface area contributed by atoms with Crippen molar-refractivity contribution in [2.24, 2.45) is 5.92 Å². The van der Waals surface area contributed by atoms with Gasteiger partial charge in [-0.15, -0.1) is 0 Å². The fourth-order valence-corrected chi connectivity index (χ4v) is 3.87. The molecule has 0 amide bonds. The van der Waals surface area contributed by atoms with Crippen molar-refractivity contribution in [1.82, 2.24) is 20.0 Å². The van der Waals surface area contributed by atoms with E-state index in [1.807, 2.05) is 10.9 Å². The summed E-state index contributed by atoms with van der Waals surface area (Å²) in [5.41, 5.74) is 2.69. The Morgan fingerprint density at radius 1 is 1.38 bits per heavy atom. The van der Waals surface area contributed by atoms with Crippen LogP contribution in [0.1, 0.15) is 43.0 Å². The molecule has 5 nitrogen and oxygen atoms in total. The molecule has 1 saturated heterocycles. The number of aliphatic hydroxyl groups is 1. The summed E-state index contributed by atoms with van der Waals surface area (Å²) in [6.45, 7) is 4.37. The first kappa shape index (κ1) is 15.0. The van der Waals surface area contributed by atoms with E-state index in [1.165, 1.54) is 50.0 Å². The Balaban J connectivity index is 1.60. The van der Waals surface area contributed by atoms with Gasteiger partial charge in [-0.25, -0.2) is 0 Å². The third-order valence-electron chi connectivity index (χ3n) is 4.95. The molecule has 1 aromatic heterocycles. The predicted octanol–water partition coefficient (Wildman–Crippen LogP) is 1.18. The summed E-state index contributed by atoms with van der Waals surface area (Å²) >= 11 is 0. The van der Waals surface area contributed by atoms with Gasteiger partial charge in [-0.2, -0.15) is 5.10 Å². The van der Waals surface area contributed by atoms with Gasteiger partial charge >= 0.3 is 0 Å². The molecule has 1 aliphatic carbocycles. The number of aliphatic hydroxyl groups excluding tert-OH is 1. The number of hydrogen-bond acceptors (Lipinski definition) is 4. The van der Waals surface area contributed by atoms with E-state index in [1.54, 1.807) is 0 Å². The zero-order valence-electron chi connectivity index (χ0n) is 13.1. The smallest absolute Gasteiger partial charge is 0.0644 e. The van der Waals surface area contributed by atoms with Crippen molar-refractivity contribution in [2.75, 3.05) is 33.3 Å². The third-order valence-corrected chi connectivity index (χ3v) is 4.95. The van der Waals surface area contributed by atoms with Crippen molar-refractivity contribution in [3.05, 3.63) is 17.5 Å². The predicted molar refractivity (Wildman–Crippen MR) is 83.2 cm³/mol. The maximum Gasteiger partial charge on any atom is 0.0644 e. The Labute approximate surface area is 127 Å². The average molecular weight is 292 g/mol. The molecule has 0 radical (unpaired) electrons. The van der Waals surface area contributed by atoms with Gasteiger partial charge in [0, 0.05) is 23.8 Å². The van der Waals surface area contributed by atoms with E-state index in [0.717, 1.165) is 18.9 Å². The molecule has 0 bridgehead atoms. The number of piperidine rings is 1. The highest BCUT2D eigenvalue weighted by Crippen LogP contribution is 2.30. The number of likely N-dealkylation sites (tertiary alicyclic amines) is 1. The van der Waals surface area contributed by atoms with E-state index in [-0.39, 0.29) is 6.61 Å². The molecule has 3 rings (SSSR count). The van der Waals surface area contributed by atoms with Crippen LogP contribution < -0.4 is 5.32 Å². The van der Waals surface area contributed by atoms with E-state index in [9.17, 15) is 0 Å². The molecule has 1 aromatic rings. The standard InChI is InChI=1S/C16H28N4O/c1-19-7-3-4-13(12-19)10-17-15-5-2-6-16-14(15)11-18-20(16)8-9-21/h11,13,15,17,21H,2-10,12H2,1H3. The van der Waals surface area contributed by atoms with E-state index < -0.39 is 0 Å². The lowest BCUT2D eigenvalue weighted by Crippen LogP contribution is -2.38. The molecule has 2 aliphatic rings. The molecule has 2 atom stereocenters. The third kappa shape index (κ3) is 3.47. The summed E-state index contributed by atoms with van der Waals surface area (Å²) in [7, 11) is 2.23. The maximum absolute atomic E-state index is 9.12. The van der Waals surface area contributed by atoms with Crippen molar-refractivity contribution in [3.8, 4) is 0 Å². The van der Waals surface area contributed by atoms with Gasteiger partial charge in [0.2, 0.25) is 0 Å². The average Bonchev–Trinajstić information content (AvgIpc) is 2.90. The Bertz CT molecular complexity index is 459. The highest BCUT2D eigenvalue weighted by molar-refractivity contribution is 5.25. The van der Waals surface area contributed by atoms with Crippen LogP contribution in [-0.2, 0) is 13.0 Å². The van der Waals surface area contributed by atoms with E-state index in [4.69, 9.17) is 5.11 Å². The van der Waals surface area contributed by atoms with E-state index >= 15 is 0 Å². The fraction of sp³-hybridized carbons (Fsp3) is 0.812. The monoisotopic (exact) mass is 292 g/mol.